The number of nitrogens with zero attached hydrogens (tertiary/aromatic N) is 1. The van der Waals surface area contributed by atoms with Crippen LogP contribution >= 0.6 is 12.4 Å². The Labute approximate surface area is 181 Å². The predicted molar refractivity (Wildman–Crippen MR) is 115 cm³/mol. The second kappa shape index (κ2) is 10.7. The summed E-state index contributed by atoms with van der Waals surface area (Å²) >= 11 is 0. The molecule has 162 valence electrons. The van der Waals surface area contributed by atoms with E-state index >= 15 is 0 Å². The predicted octanol–water partition coefficient (Wildman–Crippen LogP) is 2.77. The van der Waals surface area contributed by atoms with Gasteiger partial charge in [-0.3, -0.25) is 9.59 Å². The number of esters is 1. The molecule has 0 saturated carbocycles. The number of hydrogen-bond donors (Lipinski definition) is 2. The van der Waals surface area contributed by atoms with E-state index in [2.05, 4.69) is 15.5 Å². The van der Waals surface area contributed by atoms with Crippen molar-refractivity contribution in [1.82, 2.24) is 5.32 Å². The fourth-order valence-electron chi connectivity index (χ4n) is 3.27. The molecule has 2 heterocycles. The van der Waals surface area contributed by atoms with Crippen LogP contribution in [0.4, 0.5) is 11.4 Å². The Morgan fingerprint density at radius 1 is 1.27 bits per heavy atom. The Bertz CT molecular complexity index is 885. The van der Waals surface area contributed by atoms with Gasteiger partial charge in [-0.1, -0.05) is 6.07 Å². The van der Waals surface area contributed by atoms with Gasteiger partial charge in [-0.25, -0.2) is 4.79 Å². The third kappa shape index (κ3) is 5.54. The maximum Gasteiger partial charge on any atom is 0.328 e. The summed E-state index contributed by atoms with van der Waals surface area (Å²) in [6, 6.07) is 8.14. The number of ether oxygens (including phenoxy) is 1. The molecule has 0 bridgehead atoms. The van der Waals surface area contributed by atoms with Crippen LogP contribution < -0.4 is 15.5 Å². The van der Waals surface area contributed by atoms with Crippen LogP contribution in [-0.4, -0.2) is 43.5 Å². The van der Waals surface area contributed by atoms with Crippen LogP contribution in [0.25, 0.3) is 0 Å². The van der Waals surface area contributed by atoms with Crippen molar-refractivity contribution >= 4 is 41.6 Å². The molecule has 0 spiro atoms. The van der Waals surface area contributed by atoms with Crippen molar-refractivity contribution < 1.29 is 23.5 Å². The number of hydrogen-bond acceptors (Lipinski definition) is 6. The van der Waals surface area contributed by atoms with E-state index in [0.29, 0.717) is 19.4 Å². The molecular formula is C21H26ClN3O5. The van der Waals surface area contributed by atoms with Crippen LogP contribution in [-0.2, 0) is 20.7 Å². The molecule has 1 atom stereocenters. The normalized spacial score (nSPS) is 13.3. The summed E-state index contributed by atoms with van der Waals surface area (Å²) in [5, 5.41) is 5.45. The van der Waals surface area contributed by atoms with Crippen molar-refractivity contribution in [2.75, 3.05) is 29.9 Å². The number of carbonyl (C=O) groups is 3. The summed E-state index contributed by atoms with van der Waals surface area (Å²) in [7, 11) is 0. The minimum atomic E-state index is -0.789. The van der Waals surface area contributed by atoms with E-state index in [-0.39, 0.29) is 30.7 Å². The molecule has 0 aliphatic carbocycles. The van der Waals surface area contributed by atoms with Crippen LogP contribution in [0.3, 0.4) is 0 Å². The lowest BCUT2D eigenvalue weighted by Gasteiger charge is -2.29. The molecule has 2 aromatic rings. The monoisotopic (exact) mass is 435 g/mol. The lowest BCUT2D eigenvalue weighted by atomic mass is 10.00. The van der Waals surface area contributed by atoms with E-state index in [1.807, 2.05) is 25.1 Å². The number of fused-ring (bicyclic) bond motifs is 1. The quantitative estimate of drug-likeness (QED) is 0.618. The van der Waals surface area contributed by atoms with Gasteiger partial charge in [0.15, 0.2) is 5.76 Å². The number of furan rings is 1. The van der Waals surface area contributed by atoms with Crippen LogP contribution in [0, 0.1) is 0 Å². The molecule has 0 fully saturated rings. The van der Waals surface area contributed by atoms with Crippen LogP contribution in [0.1, 0.15) is 36.4 Å². The Balaban J connectivity index is 0.00000320. The van der Waals surface area contributed by atoms with E-state index in [9.17, 15) is 14.4 Å². The first kappa shape index (κ1) is 23.3. The first-order valence-corrected chi connectivity index (χ1v) is 9.67. The minimum absolute atomic E-state index is 0. The van der Waals surface area contributed by atoms with Gasteiger partial charge in [0, 0.05) is 24.3 Å². The maximum absolute atomic E-state index is 12.2. The van der Waals surface area contributed by atoms with E-state index in [0.717, 1.165) is 23.5 Å². The van der Waals surface area contributed by atoms with Crippen molar-refractivity contribution in [2.24, 2.45) is 0 Å². The number of likely N-dealkylation sites (N-methyl/N-ethyl adjacent to an activating group) is 1. The average molecular weight is 436 g/mol. The summed E-state index contributed by atoms with van der Waals surface area (Å²) < 4.78 is 10.3. The molecule has 1 aliphatic rings. The second-order valence-corrected chi connectivity index (χ2v) is 6.77. The molecule has 1 aromatic heterocycles. The second-order valence-electron chi connectivity index (χ2n) is 6.77. The topological polar surface area (TPSA) is 101 Å². The van der Waals surface area contributed by atoms with Gasteiger partial charge >= 0.3 is 5.97 Å². The molecule has 8 nitrogen and oxygen atoms in total. The van der Waals surface area contributed by atoms with Crippen LogP contribution in [0.2, 0.25) is 0 Å². The Kier molecular flexibility index (Phi) is 8.29. The third-order valence-electron chi connectivity index (χ3n) is 4.80. The highest BCUT2D eigenvalue weighted by molar-refractivity contribution is 5.95. The molecule has 0 unspecified atom stereocenters. The highest BCUT2D eigenvalue weighted by Gasteiger charge is 2.22. The van der Waals surface area contributed by atoms with Gasteiger partial charge in [0.1, 0.15) is 12.6 Å². The Morgan fingerprint density at radius 3 is 2.77 bits per heavy atom. The molecule has 1 aliphatic heterocycles. The summed E-state index contributed by atoms with van der Waals surface area (Å²) in [5.74, 6) is -0.809. The highest BCUT2D eigenvalue weighted by atomic mass is 35.5. The molecule has 30 heavy (non-hydrogen) atoms. The number of benzene rings is 1. The summed E-state index contributed by atoms with van der Waals surface area (Å²) in [6.45, 7) is 5.01. The number of amides is 2. The number of halogens is 1. The van der Waals surface area contributed by atoms with Crippen molar-refractivity contribution in [1.29, 1.82) is 0 Å². The zero-order valence-corrected chi connectivity index (χ0v) is 17.8. The third-order valence-corrected chi connectivity index (χ3v) is 4.80. The number of nitrogens with one attached hydrogen (secondary N) is 2. The zero-order chi connectivity index (χ0) is 20.8. The largest absolute Gasteiger partial charge is 0.462 e. The molecule has 0 radical (unpaired) electrons. The smallest absolute Gasteiger partial charge is 0.328 e. The van der Waals surface area contributed by atoms with Crippen LogP contribution in [0.15, 0.2) is 41.0 Å². The SMILES string of the molecule is CCN(CCOC(=O)[C@H](C)NC(=O)c1ccco1)c1cccc2c1CCC(=O)N2.Cl. The van der Waals surface area contributed by atoms with Crippen molar-refractivity contribution in [3.05, 3.63) is 47.9 Å². The molecule has 0 saturated heterocycles. The van der Waals surface area contributed by atoms with Crippen LogP contribution in [0.5, 0.6) is 0 Å². The van der Waals surface area contributed by atoms with Crippen molar-refractivity contribution in [3.63, 3.8) is 0 Å². The van der Waals surface area contributed by atoms with Gasteiger partial charge in [-0.2, -0.15) is 0 Å². The Hall–Kier alpha value is -3.00. The molecular weight excluding hydrogens is 410 g/mol. The molecule has 3 rings (SSSR count). The molecule has 2 N–H and O–H groups in total. The lowest BCUT2D eigenvalue weighted by Crippen LogP contribution is -2.40. The molecule has 9 heteroatoms. The van der Waals surface area contributed by atoms with Gasteiger partial charge in [0.2, 0.25) is 5.91 Å². The van der Waals surface area contributed by atoms with Gasteiger partial charge in [-0.05, 0) is 50.1 Å². The lowest BCUT2D eigenvalue weighted by molar-refractivity contribution is -0.145. The van der Waals surface area contributed by atoms with E-state index < -0.39 is 17.9 Å². The minimum Gasteiger partial charge on any atom is -0.462 e. The first-order valence-electron chi connectivity index (χ1n) is 9.67. The number of rotatable bonds is 8. The van der Waals surface area contributed by atoms with E-state index in [1.165, 1.54) is 12.3 Å². The van der Waals surface area contributed by atoms with Gasteiger partial charge in [-0.15, -0.1) is 12.4 Å². The van der Waals surface area contributed by atoms with E-state index in [4.69, 9.17) is 9.15 Å². The fraction of sp³-hybridized carbons (Fsp3) is 0.381. The zero-order valence-electron chi connectivity index (χ0n) is 17.0. The first-order chi connectivity index (χ1) is 14.0. The summed E-state index contributed by atoms with van der Waals surface area (Å²) in [4.78, 5) is 37.9. The standard InChI is InChI=1S/C21H25N3O5.ClH/c1-3-24(17-7-4-6-16-15(17)9-10-19(25)23-16)11-13-29-21(27)14(2)22-20(26)18-8-5-12-28-18;/h4-8,12,14H,3,9-11,13H2,1-2H3,(H,22,26)(H,23,25);1H/t14-;/m0./s1. The van der Waals surface area contributed by atoms with Crippen molar-refractivity contribution in [3.8, 4) is 0 Å². The number of carbonyl (C=O) groups excluding carboxylic acids is 3. The Morgan fingerprint density at radius 2 is 2.07 bits per heavy atom. The van der Waals surface area contributed by atoms with Gasteiger partial charge < -0.3 is 24.7 Å². The summed E-state index contributed by atoms with van der Waals surface area (Å²) in [6.07, 6.45) is 2.54. The summed E-state index contributed by atoms with van der Waals surface area (Å²) in [5.41, 5.74) is 2.96. The van der Waals surface area contributed by atoms with E-state index in [1.54, 1.807) is 13.0 Å². The van der Waals surface area contributed by atoms with Crippen molar-refractivity contribution in [2.45, 2.75) is 32.7 Å². The fourth-order valence-corrected chi connectivity index (χ4v) is 3.27. The number of anilines is 2. The molecule has 1 aromatic carbocycles. The highest BCUT2D eigenvalue weighted by Crippen LogP contribution is 2.31. The van der Waals surface area contributed by atoms with Gasteiger partial charge in [0.05, 0.1) is 12.8 Å². The molecule has 2 amide bonds. The maximum atomic E-state index is 12.2. The average Bonchev–Trinajstić information content (AvgIpc) is 3.25. The van der Waals surface area contributed by atoms with Gasteiger partial charge in [0.25, 0.3) is 5.91 Å².